The van der Waals surface area contributed by atoms with Crippen LogP contribution in [-0.2, 0) is 0 Å². The minimum atomic E-state index is -0.645. The number of anilines is 1. The molecular formula is C25H22F2N6O. The van der Waals surface area contributed by atoms with Crippen LogP contribution in [0.2, 0.25) is 0 Å². The van der Waals surface area contributed by atoms with Crippen LogP contribution in [0.15, 0.2) is 48.8 Å². The normalized spacial score (nSPS) is 15.8. The number of methoxy groups -OCH3 is 1. The number of nitriles is 1. The monoisotopic (exact) mass is 460 g/mol. The molecule has 34 heavy (non-hydrogen) atoms. The largest absolute Gasteiger partial charge is 0.494 e. The lowest BCUT2D eigenvalue weighted by atomic mass is 10.0. The topological polar surface area (TPSA) is 87.3 Å². The summed E-state index contributed by atoms with van der Waals surface area (Å²) in [6.45, 7) is 1.80. The molecule has 0 bridgehead atoms. The minimum Gasteiger partial charge on any atom is -0.494 e. The van der Waals surface area contributed by atoms with Crippen molar-refractivity contribution in [2.24, 2.45) is 0 Å². The molecule has 1 atom stereocenters. The lowest BCUT2D eigenvalue weighted by Gasteiger charge is -2.24. The van der Waals surface area contributed by atoms with Gasteiger partial charge in [-0.2, -0.15) is 5.26 Å². The van der Waals surface area contributed by atoms with Crippen molar-refractivity contribution in [3.63, 3.8) is 0 Å². The first kappa shape index (κ1) is 21.8. The van der Waals surface area contributed by atoms with E-state index in [1.807, 2.05) is 10.5 Å². The van der Waals surface area contributed by atoms with E-state index in [0.717, 1.165) is 25.9 Å². The minimum absolute atomic E-state index is 0.0571. The Morgan fingerprint density at radius 2 is 2.00 bits per heavy atom. The van der Waals surface area contributed by atoms with Crippen molar-refractivity contribution in [3.8, 4) is 34.3 Å². The average Bonchev–Trinajstić information content (AvgIpc) is 3.25. The Kier molecular flexibility index (Phi) is 5.82. The van der Waals surface area contributed by atoms with Crippen molar-refractivity contribution in [2.75, 3.05) is 25.5 Å². The van der Waals surface area contributed by atoms with Crippen molar-refractivity contribution < 1.29 is 13.5 Å². The smallest absolute Gasteiger partial charge is 0.181 e. The molecule has 5 rings (SSSR count). The number of nitrogens with zero attached hydrogens (tertiary/aromatic N) is 4. The first-order chi connectivity index (χ1) is 16.6. The lowest BCUT2D eigenvalue weighted by molar-refractivity contribution is 0.386. The number of piperidine rings is 1. The molecular weight excluding hydrogens is 438 g/mol. The molecule has 1 fully saturated rings. The molecule has 0 radical (unpaired) electrons. The van der Waals surface area contributed by atoms with Gasteiger partial charge in [-0.1, -0.05) is 6.07 Å². The summed E-state index contributed by atoms with van der Waals surface area (Å²) >= 11 is 0. The second kappa shape index (κ2) is 9.08. The predicted octanol–water partition coefficient (Wildman–Crippen LogP) is 4.39. The van der Waals surface area contributed by atoms with Crippen LogP contribution in [0.4, 0.5) is 14.6 Å². The van der Waals surface area contributed by atoms with Crippen LogP contribution in [-0.4, -0.2) is 40.6 Å². The summed E-state index contributed by atoms with van der Waals surface area (Å²) in [5, 5.41) is 15.9. The molecule has 0 saturated carbocycles. The molecule has 9 heteroatoms. The van der Waals surface area contributed by atoms with Gasteiger partial charge in [0.15, 0.2) is 23.0 Å². The molecule has 4 aromatic rings. The second-order valence-corrected chi connectivity index (χ2v) is 8.12. The number of halogens is 2. The third kappa shape index (κ3) is 3.93. The molecule has 0 amide bonds. The second-order valence-electron chi connectivity index (χ2n) is 8.12. The third-order valence-electron chi connectivity index (χ3n) is 5.97. The molecule has 1 aliphatic heterocycles. The van der Waals surface area contributed by atoms with Gasteiger partial charge in [-0.15, -0.1) is 0 Å². The van der Waals surface area contributed by atoms with Crippen molar-refractivity contribution in [3.05, 3.63) is 66.0 Å². The molecule has 172 valence electrons. The summed E-state index contributed by atoms with van der Waals surface area (Å²) in [5.41, 5.74) is 2.52. The van der Waals surface area contributed by atoms with Gasteiger partial charge in [0.1, 0.15) is 11.9 Å². The third-order valence-corrected chi connectivity index (χ3v) is 5.97. The van der Waals surface area contributed by atoms with E-state index in [4.69, 9.17) is 15.0 Å². The highest BCUT2D eigenvalue weighted by Crippen LogP contribution is 2.36. The first-order valence-electron chi connectivity index (χ1n) is 11.0. The molecule has 2 N–H and O–H groups in total. The first-order valence-corrected chi connectivity index (χ1v) is 11.0. The van der Waals surface area contributed by atoms with Crippen molar-refractivity contribution in [2.45, 2.75) is 18.9 Å². The molecule has 3 heterocycles. The fraction of sp³-hybridized carbons (Fsp3) is 0.240. The lowest BCUT2D eigenvalue weighted by Crippen LogP contribution is -2.38. The molecule has 0 spiro atoms. The molecule has 2 aromatic heterocycles. The highest BCUT2D eigenvalue weighted by atomic mass is 19.1. The molecule has 1 unspecified atom stereocenters. The quantitative estimate of drug-likeness (QED) is 0.460. The summed E-state index contributed by atoms with van der Waals surface area (Å²) in [6, 6.07) is 11.0. The van der Waals surface area contributed by atoms with Crippen LogP contribution in [0.25, 0.3) is 28.2 Å². The number of imidazole rings is 1. The van der Waals surface area contributed by atoms with Gasteiger partial charge < -0.3 is 15.4 Å². The van der Waals surface area contributed by atoms with Crippen molar-refractivity contribution in [1.82, 2.24) is 19.7 Å². The van der Waals surface area contributed by atoms with Crippen molar-refractivity contribution in [1.29, 1.82) is 5.26 Å². The standard InChI is InChI=1S/C25H22F2N6O/c1-34-21-7-6-16(12-20(21)27)23-22(15-4-5-17(13-28)19(26)11-15)32-25-24(30-9-10-33(23)25)31-18-3-2-8-29-14-18/h4-7,9-12,18,29H,2-3,8,14H2,1H3,(H,30,31). The van der Waals surface area contributed by atoms with Crippen LogP contribution in [0.3, 0.4) is 0 Å². The van der Waals surface area contributed by atoms with Crippen LogP contribution in [0.5, 0.6) is 5.75 Å². The zero-order chi connectivity index (χ0) is 23.7. The fourth-order valence-electron chi connectivity index (χ4n) is 4.29. The maximum Gasteiger partial charge on any atom is 0.181 e. The number of ether oxygens (including phenoxy) is 1. The fourth-order valence-corrected chi connectivity index (χ4v) is 4.29. The van der Waals surface area contributed by atoms with E-state index < -0.39 is 11.6 Å². The molecule has 1 saturated heterocycles. The Labute approximate surface area is 195 Å². The molecule has 2 aromatic carbocycles. The summed E-state index contributed by atoms with van der Waals surface area (Å²) < 4.78 is 36.0. The number of rotatable bonds is 5. The molecule has 0 aliphatic carbocycles. The van der Waals surface area contributed by atoms with E-state index in [9.17, 15) is 8.78 Å². The van der Waals surface area contributed by atoms with Crippen LogP contribution >= 0.6 is 0 Å². The van der Waals surface area contributed by atoms with Gasteiger partial charge in [0, 0.05) is 36.1 Å². The summed E-state index contributed by atoms with van der Waals surface area (Å²) in [7, 11) is 1.40. The van der Waals surface area contributed by atoms with E-state index in [0.29, 0.717) is 34.0 Å². The Bertz CT molecular complexity index is 1400. The number of fused-ring (bicyclic) bond motifs is 1. The highest BCUT2D eigenvalue weighted by molar-refractivity contribution is 5.85. The highest BCUT2D eigenvalue weighted by Gasteiger charge is 2.22. The molecule has 7 nitrogen and oxygen atoms in total. The van der Waals surface area contributed by atoms with Gasteiger partial charge in [-0.3, -0.25) is 4.40 Å². The van der Waals surface area contributed by atoms with Gasteiger partial charge >= 0.3 is 0 Å². The van der Waals surface area contributed by atoms with Crippen LogP contribution in [0, 0.1) is 23.0 Å². The van der Waals surface area contributed by atoms with E-state index in [-0.39, 0.29) is 17.4 Å². The zero-order valence-electron chi connectivity index (χ0n) is 18.5. The number of hydrogen-bond donors (Lipinski definition) is 2. The Balaban J connectivity index is 1.71. The Hall–Kier alpha value is -4.03. The summed E-state index contributed by atoms with van der Waals surface area (Å²) in [6.07, 6.45) is 5.45. The van der Waals surface area contributed by atoms with Gasteiger partial charge in [0.25, 0.3) is 0 Å². The van der Waals surface area contributed by atoms with E-state index >= 15 is 0 Å². The van der Waals surface area contributed by atoms with Gasteiger partial charge in [-0.05, 0) is 49.7 Å². The van der Waals surface area contributed by atoms with Crippen molar-refractivity contribution >= 4 is 11.5 Å². The summed E-state index contributed by atoms with van der Waals surface area (Å²) in [4.78, 5) is 9.31. The summed E-state index contributed by atoms with van der Waals surface area (Å²) in [5.74, 6) is -0.453. The van der Waals surface area contributed by atoms with Gasteiger partial charge in [-0.25, -0.2) is 18.7 Å². The predicted molar refractivity (Wildman–Crippen MR) is 125 cm³/mol. The van der Waals surface area contributed by atoms with E-state index in [1.54, 1.807) is 30.6 Å². The molecule has 1 aliphatic rings. The van der Waals surface area contributed by atoms with E-state index in [1.165, 1.54) is 25.3 Å². The van der Waals surface area contributed by atoms with E-state index in [2.05, 4.69) is 15.6 Å². The Morgan fingerprint density at radius 3 is 2.71 bits per heavy atom. The van der Waals surface area contributed by atoms with Crippen LogP contribution < -0.4 is 15.4 Å². The Morgan fingerprint density at radius 1 is 1.18 bits per heavy atom. The zero-order valence-corrected chi connectivity index (χ0v) is 18.5. The maximum atomic E-state index is 14.6. The van der Waals surface area contributed by atoms with Gasteiger partial charge in [0.2, 0.25) is 0 Å². The van der Waals surface area contributed by atoms with Gasteiger partial charge in [0.05, 0.1) is 24.1 Å². The average molecular weight is 460 g/mol. The SMILES string of the molecule is COc1ccc(-c2c(-c3ccc(C#N)c(F)c3)nc3c(NC4CCCNC4)nccn23)cc1F. The number of hydrogen-bond acceptors (Lipinski definition) is 6. The number of aromatic nitrogens is 3. The number of benzene rings is 2. The number of nitrogens with one attached hydrogen (secondary N) is 2. The maximum absolute atomic E-state index is 14.6. The van der Waals surface area contributed by atoms with Crippen LogP contribution in [0.1, 0.15) is 18.4 Å².